The quantitative estimate of drug-likeness (QED) is 0.828. The summed E-state index contributed by atoms with van der Waals surface area (Å²) in [6.45, 7) is 4.15. The minimum absolute atomic E-state index is 0.0450. The fourth-order valence-electron chi connectivity index (χ4n) is 2.91. The van der Waals surface area contributed by atoms with Gasteiger partial charge in [-0.05, 0) is 36.4 Å². The minimum Gasteiger partial charge on any atom is -0.461 e. The predicted octanol–water partition coefficient (Wildman–Crippen LogP) is 1.88. The SMILES string of the molecule is CC(=O)Nc1ccc(C(=O)N2CCN(CC(=O)c3ccco3)CC2)cc1. The van der Waals surface area contributed by atoms with Gasteiger partial charge < -0.3 is 14.6 Å². The lowest BCUT2D eigenvalue weighted by molar-refractivity contribution is -0.114. The van der Waals surface area contributed by atoms with Crippen LogP contribution in [0.5, 0.6) is 0 Å². The Morgan fingerprint density at radius 1 is 1.04 bits per heavy atom. The van der Waals surface area contributed by atoms with Gasteiger partial charge >= 0.3 is 0 Å². The van der Waals surface area contributed by atoms with Gasteiger partial charge in [-0.15, -0.1) is 0 Å². The number of nitrogens with zero attached hydrogens (tertiary/aromatic N) is 2. The molecule has 0 saturated carbocycles. The van der Waals surface area contributed by atoms with Crippen molar-refractivity contribution in [1.82, 2.24) is 9.80 Å². The number of ketones is 1. The number of piperazine rings is 1. The maximum atomic E-state index is 12.6. The Balaban J connectivity index is 1.51. The summed E-state index contributed by atoms with van der Waals surface area (Å²) in [5.74, 6) is 0.117. The first-order valence-corrected chi connectivity index (χ1v) is 8.49. The van der Waals surface area contributed by atoms with Crippen LogP contribution in [-0.4, -0.2) is 60.1 Å². The fraction of sp³-hybridized carbons (Fsp3) is 0.316. The van der Waals surface area contributed by atoms with Gasteiger partial charge in [0.05, 0.1) is 12.8 Å². The average Bonchev–Trinajstić information content (AvgIpc) is 3.17. The molecular weight excluding hydrogens is 334 g/mol. The van der Waals surface area contributed by atoms with Crippen molar-refractivity contribution in [3.05, 3.63) is 54.0 Å². The van der Waals surface area contributed by atoms with E-state index >= 15 is 0 Å². The Kier molecular flexibility index (Phi) is 5.48. The molecule has 3 rings (SSSR count). The number of Topliss-reactive ketones (excluding diaryl/α,β-unsaturated/α-hetero) is 1. The molecule has 0 radical (unpaired) electrons. The topological polar surface area (TPSA) is 82.9 Å². The highest BCUT2D eigenvalue weighted by molar-refractivity contribution is 5.96. The largest absolute Gasteiger partial charge is 0.461 e. The van der Waals surface area contributed by atoms with Crippen molar-refractivity contribution in [1.29, 1.82) is 0 Å². The average molecular weight is 355 g/mol. The maximum absolute atomic E-state index is 12.6. The predicted molar refractivity (Wildman–Crippen MR) is 96.1 cm³/mol. The number of amides is 2. The molecule has 0 unspecified atom stereocenters. The van der Waals surface area contributed by atoms with Crippen LogP contribution in [-0.2, 0) is 4.79 Å². The summed E-state index contributed by atoms with van der Waals surface area (Å²) < 4.78 is 5.12. The van der Waals surface area contributed by atoms with Crippen LogP contribution in [0, 0.1) is 0 Å². The summed E-state index contributed by atoms with van der Waals surface area (Å²) in [7, 11) is 0. The van der Waals surface area contributed by atoms with Crippen molar-refractivity contribution >= 4 is 23.3 Å². The zero-order valence-electron chi connectivity index (χ0n) is 14.6. The standard InChI is InChI=1S/C19H21N3O4/c1-14(23)20-16-6-4-15(5-7-16)19(25)22-10-8-21(9-11-22)13-17(24)18-3-2-12-26-18/h2-7,12H,8-11,13H2,1H3,(H,20,23). The van der Waals surface area contributed by atoms with Gasteiger partial charge in [-0.1, -0.05) is 0 Å². The third-order valence-electron chi connectivity index (χ3n) is 4.27. The van der Waals surface area contributed by atoms with E-state index in [-0.39, 0.29) is 17.6 Å². The third kappa shape index (κ3) is 4.37. The van der Waals surface area contributed by atoms with Crippen molar-refractivity contribution in [3.8, 4) is 0 Å². The van der Waals surface area contributed by atoms with Gasteiger partial charge in [0.2, 0.25) is 11.7 Å². The lowest BCUT2D eigenvalue weighted by atomic mass is 10.1. The summed E-state index contributed by atoms with van der Waals surface area (Å²) >= 11 is 0. The third-order valence-corrected chi connectivity index (χ3v) is 4.27. The molecule has 1 aliphatic heterocycles. The molecule has 1 aliphatic rings. The van der Waals surface area contributed by atoms with E-state index in [1.54, 1.807) is 41.3 Å². The van der Waals surface area contributed by atoms with Crippen molar-refractivity contribution in [2.24, 2.45) is 0 Å². The van der Waals surface area contributed by atoms with E-state index in [0.29, 0.717) is 49.7 Å². The van der Waals surface area contributed by atoms with Crippen molar-refractivity contribution in [2.45, 2.75) is 6.92 Å². The summed E-state index contributed by atoms with van der Waals surface area (Å²) in [6.07, 6.45) is 1.49. The number of furan rings is 1. The number of hydrogen-bond donors (Lipinski definition) is 1. The zero-order chi connectivity index (χ0) is 18.5. The monoisotopic (exact) mass is 355 g/mol. The van der Waals surface area contributed by atoms with Crippen LogP contribution in [0.15, 0.2) is 47.1 Å². The van der Waals surface area contributed by atoms with Crippen LogP contribution in [0.2, 0.25) is 0 Å². The Hall–Kier alpha value is -2.93. The van der Waals surface area contributed by atoms with Crippen molar-refractivity contribution < 1.29 is 18.8 Å². The summed E-state index contributed by atoms with van der Waals surface area (Å²) in [5.41, 5.74) is 1.24. The fourth-order valence-corrected chi connectivity index (χ4v) is 2.91. The van der Waals surface area contributed by atoms with Gasteiger partial charge in [0.1, 0.15) is 0 Å². The number of hydrogen-bond acceptors (Lipinski definition) is 5. The molecule has 1 fully saturated rings. The lowest BCUT2D eigenvalue weighted by Gasteiger charge is -2.34. The van der Waals surface area contributed by atoms with E-state index in [1.165, 1.54) is 13.2 Å². The molecule has 0 atom stereocenters. The molecule has 1 aromatic carbocycles. The van der Waals surface area contributed by atoms with Gasteiger partial charge in [0.15, 0.2) is 5.76 Å². The highest BCUT2D eigenvalue weighted by Crippen LogP contribution is 2.13. The van der Waals surface area contributed by atoms with Crippen LogP contribution >= 0.6 is 0 Å². The number of carbonyl (C=O) groups excluding carboxylic acids is 3. The summed E-state index contributed by atoms with van der Waals surface area (Å²) in [5, 5.41) is 2.68. The first kappa shape index (κ1) is 17.9. The normalized spacial score (nSPS) is 14.9. The van der Waals surface area contributed by atoms with E-state index in [4.69, 9.17) is 4.42 Å². The van der Waals surface area contributed by atoms with E-state index < -0.39 is 0 Å². The highest BCUT2D eigenvalue weighted by Gasteiger charge is 2.24. The molecule has 1 aromatic heterocycles. The smallest absolute Gasteiger partial charge is 0.253 e. The molecular formula is C19H21N3O4. The number of benzene rings is 1. The Morgan fingerprint density at radius 3 is 2.31 bits per heavy atom. The number of nitrogens with one attached hydrogen (secondary N) is 1. The van der Waals surface area contributed by atoms with Crippen LogP contribution in [0.3, 0.4) is 0 Å². The molecule has 26 heavy (non-hydrogen) atoms. The van der Waals surface area contributed by atoms with Gasteiger partial charge in [0, 0.05) is 44.4 Å². The van der Waals surface area contributed by atoms with E-state index in [1.807, 2.05) is 4.90 Å². The second kappa shape index (κ2) is 7.97. The van der Waals surface area contributed by atoms with Crippen LogP contribution in [0.1, 0.15) is 27.8 Å². The molecule has 2 aromatic rings. The summed E-state index contributed by atoms with van der Waals surface area (Å²) in [4.78, 5) is 39.5. The molecule has 1 saturated heterocycles. The molecule has 2 heterocycles. The first-order chi connectivity index (χ1) is 12.5. The van der Waals surface area contributed by atoms with Crippen molar-refractivity contribution in [2.75, 3.05) is 38.0 Å². The van der Waals surface area contributed by atoms with Crippen molar-refractivity contribution in [3.63, 3.8) is 0 Å². The van der Waals surface area contributed by atoms with E-state index in [0.717, 1.165) is 0 Å². The Labute approximate surface area is 151 Å². The zero-order valence-corrected chi connectivity index (χ0v) is 14.6. The molecule has 136 valence electrons. The van der Waals surface area contributed by atoms with Crippen LogP contribution in [0.25, 0.3) is 0 Å². The highest BCUT2D eigenvalue weighted by atomic mass is 16.3. The molecule has 0 bridgehead atoms. The Bertz CT molecular complexity index is 776. The second-order valence-electron chi connectivity index (χ2n) is 6.23. The van der Waals surface area contributed by atoms with Gasteiger partial charge in [-0.2, -0.15) is 0 Å². The summed E-state index contributed by atoms with van der Waals surface area (Å²) in [6, 6.07) is 10.2. The van der Waals surface area contributed by atoms with E-state index in [9.17, 15) is 14.4 Å². The molecule has 1 N–H and O–H groups in total. The first-order valence-electron chi connectivity index (χ1n) is 8.49. The molecule has 0 aliphatic carbocycles. The lowest BCUT2D eigenvalue weighted by Crippen LogP contribution is -2.49. The number of rotatable bonds is 5. The van der Waals surface area contributed by atoms with Gasteiger partial charge in [-0.25, -0.2) is 0 Å². The number of carbonyl (C=O) groups is 3. The maximum Gasteiger partial charge on any atom is 0.253 e. The molecule has 2 amide bonds. The number of anilines is 1. The molecule has 7 heteroatoms. The second-order valence-corrected chi connectivity index (χ2v) is 6.23. The van der Waals surface area contributed by atoms with Crippen LogP contribution < -0.4 is 5.32 Å². The molecule has 0 spiro atoms. The molecule has 7 nitrogen and oxygen atoms in total. The van der Waals surface area contributed by atoms with Gasteiger partial charge in [0.25, 0.3) is 5.91 Å². The van der Waals surface area contributed by atoms with Gasteiger partial charge in [-0.3, -0.25) is 19.3 Å². The Morgan fingerprint density at radius 2 is 1.73 bits per heavy atom. The minimum atomic E-state index is -0.149. The van der Waals surface area contributed by atoms with Crippen LogP contribution in [0.4, 0.5) is 5.69 Å². The van der Waals surface area contributed by atoms with E-state index in [2.05, 4.69) is 5.32 Å².